The molecule has 1 heterocycles. The van der Waals surface area contributed by atoms with Crippen molar-refractivity contribution in [3.05, 3.63) is 71.1 Å². The first kappa shape index (κ1) is 13.7. The van der Waals surface area contributed by atoms with Crippen LogP contribution >= 0.6 is 11.3 Å². The molecule has 0 saturated heterocycles. The summed E-state index contributed by atoms with van der Waals surface area (Å²) in [5, 5.41) is 5.80. The van der Waals surface area contributed by atoms with Gasteiger partial charge in [0, 0.05) is 17.5 Å². The number of nitrogens with one attached hydrogen (secondary N) is 1. The molecule has 0 saturated carbocycles. The fourth-order valence-electron chi connectivity index (χ4n) is 1.92. The number of hydrogen-bond acceptors (Lipinski definition) is 3. The minimum atomic E-state index is -0.277. The highest BCUT2D eigenvalue weighted by molar-refractivity contribution is 7.14. The van der Waals surface area contributed by atoms with Crippen molar-refractivity contribution in [3.63, 3.8) is 0 Å². The molecule has 1 aromatic heterocycles. The Kier molecular flexibility index (Phi) is 3.92. The van der Waals surface area contributed by atoms with E-state index in [1.807, 2.05) is 11.4 Å². The van der Waals surface area contributed by atoms with Gasteiger partial charge in [0.15, 0.2) is 5.13 Å². The van der Waals surface area contributed by atoms with Crippen molar-refractivity contribution in [1.82, 2.24) is 4.98 Å². The van der Waals surface area contributed by atoms with Gasteiger partial charge < -0.3 is 5.32 Å². The van der Waals surface area contributed by atoms with Gasteiger partial charge in [0.05, 0.1) is 5.69 Å². The Morgan fingerprint density at radius 1 is 1.00 bits per heavy atom. The zero-order valence-electron chi connectivity index (χ0n) is 11.0. The zero-order valence-corrected chi connectivity index (χ0v) is 11.8. The lowest BCUT2D eigenvalue weighted by Crippen LogP contribution is -1.98. The molecule has 0 aliphatic carbocycles. The fourth-order valence-corrected chi connectivity index (χ4v) is 2.63. The summed E-state index contributed by atoms with van der Waals surface area (Å²) in [6.07, 6.45) is 0. The molecule has 1 N–H and O–H groups in total. The van der Waals surface area contributed by atoms with Crippen LogP contribution in [0.15, 0.2) is 53.9 Å². The van der Waals surface area contributed by atoms with E-state index in [9.17, 15) is 8.78 Å². The summed E-state index contributed by atoms with van der Waals surface area (Å²) in [7, 11) is 0. The molecule has 0 radical (unpaired) electrons. The van der Waals surface area contributed by atoms with E-state index in [2.05, 4.69) is 10.3 Å². The summed E-state index contributed by atoms with van der Waals surface area (Å²) in [5.74, 6) is -0.525. The van der Waals surface area contributed by atoms with Crippen molar-refractivity contribution < 1.29 is 8.78 Å². The van der Waals surface area contributed by atoms with Gasteiger partial charge in [-0.25, -0.2) is 13.8 Å². The van der Waals surface area contributed by atoms with E-state index in [4.69, 9.17) is 0 Å². The molecule has 2 nitrogen and oxygen atoms in total. The standard InChI is InChI=1S/C16H12F2N2S/c17-13-6-4-11(5-7-13)9-19-16-20-15(10-21-16)12-2-1-3-14(18)8-12/h1-8,10H,9H2,(H,19,20). The summed E-state index contributed by atoms with van der Waals surface area (Å²) in [6, 6.07) is 12.7. The molecule has 3 aromatic rings. The van der Waals surface area contributed by atoms with E-state index >= 15 is 0 Å². The average Bonchev–Trinajstić information content (AvgIpc) is 2.96. The number of rotatable bonds is 4. The van der Waals surface area contributed by atoms with Crippen LogP contribution in [0.1, 0.15) is 5.56 Å². The van der Waals surface area contributed by atoms with Gasteiger partial charge >= 0.3 is 0 Å². The number of aromatic nitrogens is 1. The smallest absolute Gasteiger partial charge is 0.183 e. The third-order valence-corrected chi connectivity index (χ3v) is 3.78. The average molecular weight is 302 g/mol. The van der Waals surface area contributed by atoms with Gasteiger partial charge in [0.25, 0.3) is 0 Å². The second-order valence-electron chi connectivity index (χ2n) is 4.53. The van der Waals surface area contributed by atoms with Crippen molar-refractivity contribution in [2.75, 3.05) is 5.32 Å². The Labute approximate surface area is 125 Å². The lowest BCUT2D eigenvalue weighted by atomic mass is 10.2. The maximum atomic E-state index is 13.2. The van der Waals surface area contributed by atoms with Crippen LogP contribution in [0.3, 0.4) is 0 Å². The SMILES string of the molecule is Fc1ccc(CNc2nc(-c3cccc(F)c3)cs2)cc1. The number of halogens is 2. The molecule has 0 amide bonds. The minimum absolute atomic E-state index is 0.249. The topological polar surface area (TPSA) is 24.9 Å². The molecule has 0 aliphatic heterocycles. The van der Waals surface area contributed by atoms with E-state index in [-0.39, 0.29) is 11.6 Å². The van der Waals surface area contributed by atoms with Gasteiger partial charge in [-0.3, -0.25) is 0 Å². The molecule has 3 rings (SSSR count). The molecule has 21 heavy (non-hydrogen) atoms. The molecule has 106 valence electrons. The van der Waals surface area contributed by atoms with E-state index in [1.165, 1.54) is 35.6 Å². The molecule has 0 atom stereocenters. The van der Waals surface area contributed by atoms with Gasteiger partial charge in [-0.1, -0.05) is 24.3 Å². The zero-order chi connectivity index (χ0) is 14.7. The maximum Gasteiger partial charge on any atom is 0.183 e. The molecule has 0 unspecified atom stereocenters. The molecule has 0 aliphatic rings. The molecule has 2 aromatic carbocycles. The van der Waals surface area contributed by atoms with Crippen LogP contribution in [0.4, 0.5) is 13.9 Å². The minimum Gasteiger partial charge on any atom is -0.357 e. The van der Waals surface area contributed by atoms with Gasteiger partial charge in [-0.2, -0.15) is 0 Å². The number of benzene rings is 2. The molecular weight excluding hydrogens is 290 g/mol. The van der Waals surface area contributed by atoms with Crippen molar-refractivity contribution in [1.29, 1.82) is 0 Å². The summed E-state index contributed by atoms with van der Waals surface area (Å²) < 4.78 is 26.0. The highest BCUT2D eigenvalue weighted by Crippen LogP contribution is 2.25. The second kappa shape index (κ2) is 6.01. The molecule has 0 spiro atoms. The summed E-state index contributed by atoms with van der Waals surface area (Å²) in [6.45, 7) is 0.566. The molecule has 0 fully saturated rings. The Hall–Kier alpha value is -2.27. The lowest BCUT2D eigenvalue weighted by molar-refractivity contribution is 0.627. The fraction of sp³-hybridized carbons (Fsp3) is 0.0625. The summed E-state index contributed by atoms with van der Waals surface area (Å²) >= 11 is 1.45. The first-order valence-corrected chi connectivity index (χ1v) is 7.28. The Balaban J connectivity index is 1.69. The summed E-state index contributed by atoms with van der Waals surface area (Å²) in [4.78, 5) is 4.42. The van der Waals surface area contributed by atoms with Crippen molar-refractivity contribution in [2.45, 2.75) is 6.54 Å². The van der Waals surface area contributed by atoms with E-state index in [0.29, 0.717) is 6.54 Å². The van der Waals surface area contributed by atoms with Gasteiger partial charge in [0.1, 0.15) is 11.6 Å². The van der Waals surface area contributed by atoms with Crippen LogP contribution in [0.2, 0.25) is 0 Å². The van der Waals surface area contributed by atoms with Crippen LogP contribution in [-0.4, -0.2) is 4.98 Å². The predicted molar refractivity (Wildman–Crippen MR) is 81.2 cm³/mol. The third-order valence-electron chi connectivity index (χ3n) is 2.98. The monoisotopic (exact) mass is 302 g/mol. The van der Waals surface area contributed by atoms with Crippen molar-refractivity contribution >= 4 is 16.5 Å². The molecule has 5 heteroatoms. The van der Waals surface area contributed by atoms with Gasteiger partial charge in [-0.15, -0.1) is 11.3 Å². The second-order valence-corrected chi connectivity index (χ2v) is 5.39. The normalized spacial score (nSPS) is 10.6. The molecule has 0 bridgehead atoms. The highest BCUT2D eigenvalue weighted by atomic mass is 32.1. The Morgan fingerprint density at radius 2 is 1.81 bits per heavy atom. The Morgan fingerprint density at radius 3 is 2.57 bits per heavy atom. The van der Waals surface area contributed by atoms with Crippen LogP contribution in [0.5, 0.6) is 0 Å². The van der Waals surface area contributed by atoms with Gasteiger partial charge in [0.2, 0.25) is 0 Å². The molecular formula is C16H12F2N2S. The van der Waals surface area contributed by atoms with Crippen LogP contribution in [0.25, 0.3) is 11.3 Å². The number of thiazole rings is 1. The maximum absolute atomic E-state index is 13.2. The number of hydrogen-bond donors (Lipinski definition) is 1. The van der Waals surface area contributed by atoms with Gasteiger partial charge in [-0.05, 0) is 29.8 Å². The van der Waals surface area contributed by atoms with E-state index < -0.39 is 0 Å². The van der Waals surface area contributed by atoms with Crippen LogP contribution in [0, 0.1) is 11.6 Å². The van der Waals surface area contributed by atoms with Crippen LogP contribution in [-0.2, 0) is 6.54 Å². The quantitative estimate of drug-likeness (QED) is 0.755. The summed E-state index contributed by atoms with van der Waals surface area (Å²) in [5.41, 5.74) is 2.46. The van der Waals surface area contributed by atoms with Crippen LogP contribution < -0.4 is 5.32 Å². The van der Waals surface area contributed by atoms with E-state index in [0.717, 1.165) is 22.0 Å². The largest absolute Gasteiger partial charge is 0.357 e. The van der Waals surface area contributed by atoms with Crippen molar-refractivity contribution in [3.8, 4) is 11.3 Å². The third kappa shape index (κ3) is 3.44. The lowest BCUT2D eigenvalue weighted by Gasteiger charge is -2.02. The van der Waals surface area contributed by atoms with E-state index in [1.54, 1.807) is 18.2 Å². The van der Waals surface area contributed by atoms with Crippen molar-refractivity contribution in [2.24, 2.45) is 0 Å². The predicted octanol–water partition coefficient (Wildman–Crippen LogP) is 4.70. The highest BCUT2D eigenvalue weighted by Gasteiger charge is 2.05. The number of nitrogens with zero attached hydrogens (tertiary/aromatic N) is 1. The first-order chi connectivity index (χ1) is 10.2. The number of anilines is 1. The first-order valence-electron chi connectivity index (χ1n) is 6.40. The Bertz CT molecular complexity index is 738.